The minimum atomic E-state index is -0.189. The van der Waals surface area contributed by atoms with E-state index in [9.17, 15) is 4.79 Å². The van der Waals surface area contributed by atoms with Gasteiger partial charge in [-0.25, -0.2) is 4.98 Å². The molecule has 144 valence electrons. The summed E-state index contributed by atoms with van der Waals surface area (Å²) in [6.07, 6.45) is 2.01. The summed E-state index contributed by atoms with van der Waals surface area (Å²) in [4.78, 5) is 17.1. The van der Waals surface area contributed by atoms with Crippen LogP contribution in [0.5, 0.6) is 17.2 Å². The minimum absolute atomic E-state index is 0.0716. The number of methoxy groups -OCH3 is 3. The number of carbonyl (C=O) groups is 1. The van der Waals surface area contributed by atoms with Crippen molar-refractivity contribution in [1.29, 1.82) is 0 Å². The lowest BCUT2D eigenvalue weighted by Crippen LogP contribution is -2.25. The monoisotopic (exact) mass is 379 g/mol. The van der Waals surface area contributed by atoms with Crippen LogP contribution < -0.4 is 19.5 Å². The van der Waals surface area contributed by atoms with Gasteiger partial charge in [0.2, 0.25) is 5.91 Å². The van der Waals surface area contributed by atoms with E-state index in [4.69, 9.17) is 14.2 Å². The molecule has 1 N–H and O–H groups in total. The van der Waals surface area contributed by atoms with Crippen molar-refractivity contribution in [3.63, 3.8) is 0 Å². The smallest absolute Gasteiger partial charge is 0.226 e. The maximum Gasteiger partial charge on any atom is 0.226 e. The number of anilines is 1. The molecule has 2 heterocycles. The van der Waals surface area contributed by atoms with Gasteiger partial charge in [-0.15, -0.1) is 0 Å². The van der Waals surface area contributed by atoms with E-state index < -0.39 is 0 Å². The van der Waals surface area contributed by atoms with Crippen molar-refractivity contribution >= 4 is 11.7 Å². The number of para-hydroxylation sites is 1. The molecule has 0 fully saturated rings. The number of imidazole rings is 1. The van der Waals surface area contributed by atoms with Gasteiger partial charge < -0.3 is 19.5 Å². The zero-order valence-electron chi connectivity index (χ0n) is 15.9. The van der Waals surface area contributed by atoms with Crippen LogP contribution in [-0.2, 0) is 4.79 Å². The van der Waals surface area contributed by atoms with Gasteiger partial charge >= 0.3 is 0 Å². The molecular formula is C21H21N3O4. The van der Waals surface area contributed by atoms with E-state index in [0.29, 0.717) is 23.7 Å². The number of hydrogen-bond donors (Lipinski definition) is 1. The van der Waals surface area contributed by atoms with Crippen molar-refractivity contribution < 1.29 is 19.0 Å². The molecule has 1 atom stereocenters. The third-order valence-electron chi connectivity index (χ3n) is 4.93. The van der Waals surface area contributed by atoms with E-state index in [1.807, 2.05) is 41.0 Å². The van der Waals surface area contributed by atoms with Gasteiger partial charge in [-0.3, -0.25) is 9.36 Å². The number of nitrogens with zero attached hydrogens (tertiary/aromatic N) is 2. The first kappa shape index (κ1) is 17.9. The normalized spacial score (nSPS) is 15.5. The molecule has 3 aromatic rings. The SMILES string of the molecule is COc1ccc(-n2cnc3c2NC(=O)CC3c2ccccc2OC)c(OC)c1. The molecule has 1 aliphatic heterocycles. The second-order valence-corrected chi connectivity index (χ2v) is 6.43. The molecular weight excluding hydrogens is 358 g/mol. The molecule has 0 saturated heterocycles. The first-order valence-electron chi connectivity index (χ1n) is 8.88. The fourth-order valence-electron chi connectivity index (χ4n) is 3.58. The summed E-state index contributed by atoms with van der Waals surface area (Å²) in [5.41, 5.74) is 2.49. The van der Waals surface area contributed by atoms with Crippen molar-refractivity contribution in [3.05, 3.63) is 60.0 Å². The zero-order chi connectivity index (χ0) is 19.7. The fraction of sp³-hybridized carbons (Fsp3) is 0.238. The number of carbonyl (C=O) groups excluding carboxylic acids is 1. The van der Waals surface area contributed by atoms with Gasteiger partial charge in [0.25, 0.3) is 0 Å². The Labute approximate surface area is 162 Å². The number of aromatic nitrogens is 2. The molecule has 0 spiro atoms. The summed E-state index contributed by atoms with van der Waals surface area (Å²) in [7, 11) is 4.83. The van der Waals surface area contributed by atoms with Crippen LogP contribution in [0.1, 0.15) is 23.6 Å². The zero-order valence-corrected chi connectivity index (χ0v) is 15.9. The van der Waals surface area contributed by atoms with Crippen LogP contribution >= 0.6 is 0 Å². The number of benzene rings is 2. The van der Waals surface area contributed by atoms with Gasteiger partial charge in [-0.2, -0.15) is 0 Å². The highest BCUT2D eigenvalue weighted by Gasteiger charge is 2.33. The van der Waals surface area contributed by atoms with Crippen molar-refractivity contribution in [2.24, 2.45) is 0 Å². The molecule has 0 saturated carbocycles. The van der Waals surface area contributed by atoms with Gasteiger partial charge in [-0.1, -0.05) is 18.2 Å². The molecule has 0 bridgehead atoms. The lowest BCUT2D eigenvalue weighted by molar-refractivity contribution is -0.116. The Kier molecular flexibility index (Phi) is 4.65. The van der Waals surface area contributed by atoms with E-state index in [1.54, 1.807) is 33.7 Å². The maximum atomic E-state index is 12.5. The molecule has 0 radical (unpaired) electrons. The molecule has 4 rings (SSSR count). The molecule has 1 unspecified atom stereocenters. The molecule has 7 nitrogen and oxygen atoms in total. The largest absolute Gasteiger partial charge is 0.497 e. The summed E-state index contributed by atoms with van der Waals surface area (Å²) in [5, 5.41) is 2.96. The van der Waals surface area contributed by atoms with Gasteiger partial charge in [0, 0.05) is 24.0 Å². The Morgan fingerprint density at radius 1 is 1.04 bits per heavy atom. The van der Waals surface area contributed by atoms with E-state index in [0.717, 1.165) is 22.7 Å². The predicted molar refractivity (Wildman–Crippen MR) is 105 cm³/mol. The Bertz CT molecular complexity index is 1030. The van der Waals surface area contributed by atoms with Crippen LogP contribution in [0.15, 0.2) is 48.8 Å². The van der Waals surface area contributed by atoms with Crippen LogP contribution in [0.3, 0.4) is 0 Å². The number of ether oxygens (including phenoxy) is 3. The van der Waals surface area contributed by atoms with Gasteiger partial charge in [0.1, 0.15) is 29.4 Å². The van der Waals surface area contributed by atoms with E-state index in [-0.39, 0.29) is 11.8 Å². The summed E-state index contributed by atoms with van der Waals surface area (Å²) < 4.78 is 18.1. The van der Waals surface area contributed by atoms with Crippen LogP contribution in [0.2, 0.25) is 0 Å². The van der Waals surface area contributed by atoms with Crippen molar-refractivity contribution in [3.8, 4) is 22.9 Å². The average molecular weight is 379 g/mol. The molecule has 1 aromatic heterocycles. The summed E-state index contributed by atoms with van der Waals surface area (Å²) >= 11 is 0. The highest BCUT2D eigenvalue weighted by atomic mass is 16.5. The number of nitrogens with one attached hydrogen (secondary N) is 1. The first-order valence-corrected chi connectivity index (χ1v) is 8.88. The quantitative estimate of drug-likeness (QED) is 0.736. The van der Waals surface area contributed by atoms with E-state index in [1.165, 1.54) is 0 Å². The van der Waals surface area contributed by atoms with Crippen molar-refractivity contribution in [1.82, 2.24) is 9.55 Å². The highest BCUT2D eigenvalue weighted by molar-refractivity contribution is 5.94. The molecule has 0 aliphatic carbocycles. The second kappa shape index (κ2) is 7.26. The van der Waals surface area contributed by atoms with Crippen LogP contribution in [0.4, 0.5) is 5.82 Å². The lowest BCUT2D eigenvalue weighted by Gasteiger charge is -2.25. The van der Waals surface area contributed by atoms with Crippen LogP contribution in [0.25, 0.3) is 5.69 Å². The first-order chi connectivity index (χ1) is 13.7. The molecule has 1 aliphatic rings. The van der Waals surface area contributed by atoms with Crippen LogP contribution in [-0.4, -0.2) is 36.8 Å². The van der Waals surface area contributed by atoms with Gasteiger partial charge in [-0.05, 0) is 18.2 Å². The van der Waals surface area contributed by atoms with E-state index in [2.05, 4.69) is 10.3 Å². The summed E-state index contributed by atoms with van der Waals surface area (Å²) in [6, 6.07) is 13.2. The van der Waals surface area contributed by atoms with Gasteiger partial charge in [0.05, 0.1) is 32.7 Å². The number of hydrogen-bond acceptors (Lipinski definition) is 5. The second-order valence-electron chi connectivity index (χ2n) is 6.43. The minimum Gasteiger partial charge on any atom is -0.497 e. The van der Waals surface area contributed by atoms with Crippen LogP contribution in [0, 0.1) is 0 Å². The standard InChI is InChI=1S/C21H21N3O4/c1-26-13-8-9-16(18(10-13)28-3)24-12-22-20-15(11-19(25)23-21(20)24)14-6-4-5-7-17(14)27-2/h4-10,12,15H,11H2,1-3H3,(H,23,25). The van der Waals surface area contributed by atoms with E-state index >= 15 is 0 Å². The third-order valence-corrected chi connectivity index (χ3v) is 4.93. The maximum absolute atomic E-state index is 12.5. The lowest BCUT2D eigenvalue weighted by atomic mass is 9.89. The fourth-order valence-corrected chi connectivity index (χ4v) is 3.58. The highest BCUT2D eigenvalue weighted by Crippen LogP contribution is 2.41. The summed E-state index contributed by atoms with van der Waals surface area (Å²) in [5.74, 6) is 2.42. The number of rotatable bonds is 5. The molecule has 7 heteroatoms. The topological polar surface area (TPSA) is 74.6 Å². The summed E-state index contributed by atoms with van der Waals surface area (Å²) in [6.45, 7) is 0. The Balaban J connectivity index is 1.84. The number of fused-ring (bicyclic) bond motifs is 1. The van der Waals surface area contributed by atoms with Gasteiger partial charge in [0.15, 0.2) is 0 Å². The molecule has 1 amide bonds. The Morgan fingerprint density at radius 3 is 2.57 bits per heavy atom. The third kappa shape index (κ3) is 2.94. The van der Waals surface area contributed by atoms with Crippen molar-refractivity contribution in [2.45, 2.75) is 12.3 Å². The predicted octanol–water partition coefficient (Wildman–Crippen LogP) is 3.37. The number of amides is 1. The van der Waals surface area contributed by atoms with Crippen molar-refractivity contribution in [2.75, 3.05) is 26.6 Å². The Hall–Kier alpha value is -3.48. The average Bonchev–Trinajstić information content (AvgIpc) is 3.16. The molecule has 2 aromatic carbocycles. The Morgan fingerprint density at radius 2 is 1.82 bits per heavy atom. The molecule has 28 heavy (non-hydrogen) atoms.